The summed E-state index contributed by atoms with van der Waals surface area (Å²) in [5.74, 6) is 0.862. The number of hydrogen-bond acceptors (Lipinski definition) is 6. The van der Waals surface area contributed by atoms with E-state index in [1.54, 1.807) is 25.4 Å². The molecule has 7 heteroatoms. The second-order valence-electron chi connectivity index (χ2n) is 8.38. The number of carbonyl (C=O) groups excluding carboxylic acids is 1. The van der Waals surface area contributed by atoms with Crippen LogP contribution in [0.15, 0.2) is 24.3 Å². The molecule has 0 bridgehead atoms. The first-order valence-corrected chi connectivity index (χ1v) is 12.1. The van der Waals surface area contributed by atoms with Crippen LogP contribution in [-0.4, -0.2) is 67.3 Å². The molecule has 168 valence electrons. The van der Waals surface area contributed by atoms with E-state index in [1.807, 2.05) is 12.1 Å². The number of piperazine rings is 1. The number of para-hydroxylation sites is 1. The highest BCUT2D eigenvalue weighted by Gasteiger charge is 2.34. The Morgan fingerprint density at radius 2 is 1.94 bits per heavy atom. The zero-order valence-corrected chi connectivity index (χ0v) is 19.3. The number of amides is 1. The van der Waals surface area contributed by atoms with Crippen molar-refractivity contribution in [1.82, 2.24) is 9.80 Å². The minimum absolute atomic E-state index is 0.0219. The normalized spacial score (nSPS) is 18.4. The Bertz CT molecular complexity index is 905. The maximum Gasteiger partial charge on any atom is 0.221 e. The molecule has 1 aromatic carbocycles. The van der Waals surface area contributed by atoms with Gasteiger partial charge >= 0.3 is 0 Å². The summed E-state index contributed by atoms with van der Waals surface area (Å²) in [4.78, 5) is 18.3. The average Bonchev–Trinajstić information content (AvgIpc) is 3.13. The molecule has 2 aromatic rings. The van der Waals surface area contributed by atoms with Crippen LogP contribution >= 0.6 is 11.3 Å². The number of thiophene rings is 1. The van der Waals surface area contributed by atoms with E-state index in [4.69, 9.17) is 4.74 Å². The van der Waals surface area contributed by atoms with E-state index < -0.39 is 0 Å². The van der Waals surface area contributed by atoms with Crippen LogP contribution in [0.2, 0.25) is 0 Å². The molecule has 0 unspecified atom stereocenters. The third kappa shape index (κ3) is 4.80. The largest absolute Gasteiger partial charge is 0.496 e. The Kier molecular flexibility index (Phi) is 7.27. The number of aryl methyl sites for hydroxylation is 1. The lowest BCUT2D eigenvalue weighted by Gasteiger charge is -2.40. The number of aliphatic hydroxyl groups is 1. The molecule has 1 fully saturated rings. The number of methoxy groups -OCH3 is 1. The minimum atomic E-state index is -0.0219. The second-order valence-corrected chi connectivity index (χ2v) is 9.49. The first-order valence-electron chi connectivity index (χ1n) is 11.2. The van der Waals surface area contributed by atoms with Gasteiger partial charge in [-0.05, 0) is 37.3 Å². The second kappa shape index (κ2) is 10.1. The van der Waals surface area contributed by atoms with Crippen LogP contribution < -0.4 is 10.1 Å². The summed E-state index contributed by atoms with van der Waals surface area (Å²) in [5.41, 5.74) is 3.84. The van der Waals surface area contributed by atoms with Crippen LogP contribution in [0.4, 0.5) is 5.00 Å². The van der Waals surface area contributed by atoms with Gasteiger partial charge in [0.25, 0.3) is 0 Å². The van der Waals surface area contributed by atoms with Crippen LogP contribution in [0, 0.1) is 0 Å². The summed E-state index contributed by atoms with van der Waals surface area (Å²) in [6.45, 7) is 6.18. The predicted molar refractivity (Wildman–Crippen MR) is 125 cm³/mol. The van der Waals surface area contributed by atoms with Gasteiger partial charge in [0.05, 0.1) is 19.8 Å². The molecule has 2 N–H and O–H groups in total. The first-order chi connectivity index (χ1) is 15.1. The molecule has 31 heavy (non-hydrogen) atoms. The minimum Gasteiger partial charge on any atom is -0.496 e. The number of carbonyl (C=O) groups is 1. The van der Waals surface area contributed by atoms with Gasteiger partial charge in [-0.25, -0.2) is 0 Å². The summed E-state index contributed by atoms with van der Waals surface area (Å²) in [5, 5.41) is 13.5. The molecular weight excluding hydrogens is 410 g/mol. The van der Waals surface area contributed by atoms with Crippen molar-refractivity contribution in [2.45, 2.75) is 38.6 Å². The first kappa shape index (κ1) is 22.3. The number of anilines is 1. The van der Waals surface area contributed by atoms with E-state index in [1.165, 1.54) is 28.8 Å². The molecule has 1 aliphatic carbocycles. The standard InChI is InChI=1S/C24H33N3O3S/c1-17(29)25-24-22(19-8-4-6-10-21(19)31-24)23(18-7-3-5-9-20(18)30-2)27-13-11-26(12-14-27)15-16-28/h3,5,7,9,23,28H,4,6,8,10-16H2,1-2H3,(H,25,29)/t23-/m0/s1. The van der Waals surface area contributed by atoms with Crippen LogP contribution in [0.25, 0.3) is 0 Å². The Morgan fingerprint density at radius 3 is 2.65 bits per heavy atom. The zero-order valence-electron chi connectivity index (χ0n) is 18.5. The number of nitrogens with one attached hydrogen (secondary N) is 1. The van der Waals surface area contributed by atoms with Crippen molar-refractivity contribution in [2.24, 2.45) is 0 Å². The molecule has 2 aliphatic rings. The monoisotopic (exact) mass is 443 g/mol. The number of benzene rings is 1. The fourth-order valence-electron chi connectivity index (χ4n) is 4.95. The van der Waals surface area contributed by atoms with E-state index in [-0.39, 0.29) is 18.6 Å². The molecule has 0 spiro atoms. The number of fused-ring (bicyclic) bond motifs is 1. The molecule has 1 aromatic heterocycles. The third-order valence-corrected chi connectivity index (χ3v) is 7.62. The highest BCUT2D eigenvalue weighted by Crippen LogP contribution is 2.47. The lowest BCUT2D eigenvalue weighted by Crippen LogP contribution is -2.48. The number of rotatable bonds is 7. The van der Waals surface area contributed by atoms with Crippen LogP contribution in [0.1, 0.15) is 47.4 Å². The number of aliphatic hydroxyl groups excluding tert-OH is 1. The van der Waals surface area contributed by atoms with Gasteiger partial charge in [-0.1, -0.05) is 18.2 Å². The fourth-order valence-corrected chi connectivity index (χ4v) is 6.31. The van der Waals surface area contributed by atoms with Gasteiger partial charge in [0, 0.05) is 55.7 Å². The number of nitrogens with zero attached hydrogens (tertiary/aromatic N) is 2. The molecule has 1 saturated heterocycles. The van der Waals surface area contributed by atoms with Crippen molar-refractivity contribution < 1.29 is 14.6 Å². The van der Waals surface area contributed by atoms with Crippen molar-refractivity contribution in [1.29, 1.82) is 0 Å². The molecular formula is C24H33N3O3S. The molecule has 6 nitrogen and oxygen atoms in total. The van der Waals surface area contributed by atoms with E-state index in [0.29, 0.717) is 0 Å². The van der Waals surface area contributed by atoms with Crippen LogP contribution in [-0.2, 0) is 17.6 Å². The average molecular weight is 444 g/mol. The summed E-state index contributed by atoms with van der Waals surface area (Å²) >= 11 is 1.76. The lowest BCUT2D eigenvalue weighted by molar-refractivity contribution is -0.114. The Morgan fingerprint density at radius 1 is 1.19 bits per heavy atom. The molecule has 4 rings (SSSR count). The SMILES string of the molecule is COc1ccccc1[C@@H](c1c(NC(C)=O)sc2c1CCCC2)N1CCN(CCO)CC1. The fraction of sp³-hybridized carbons (Fsp3) is 0.542. The Hall–Kier alpha value is -1.93. The smallest absolute Gasteiger partial charge is 0.221 e. The number of hydrogen-bond donors (Lipinski definition) is 2. The van der Waals surface area contributed by atoms with Crippen molar-refractivity contribution in [3.8, 4) is 5.75 Å². The van der Waals surface area contributed by atoms with Crippen LogP contribution in [0.5, 0.6) is 5.75 Å². The summed E-state index contributed by atoms with van der Waals surface area (Å²) in [6, 6.07) is 8.31. The van der Waals surface area contributed by atoms with Gasteiger partial charge in [-0.2, -0.15) is 0 Å². The van der Waals surface area contributed by atoms with Gasteiger partial charge in [-0.3, -0.25) is 14.6 Å². The van der Waals surface area contributed by atoms with Gasteiger partial charge in [0.15, 0.2) is 0 Å². The van der Waals surface area contributed by atoms with E-state index in [9.17, 15) is 9.90 Å². The Balaban J connectivity index is 1.80. The quantitative estimate of drug-likeness (QED) is 0.688. The molecule has 2 heterocycles. The van der Waals surface area contributed by atoms with E-state index in [0.717, 1.165) is 61.9 Å². The zero-order chi connectivity index (χ0) is 21.8. The Labute approximate surface area is 188 Å². The van der Waals surface area contributed by atoms with E-state index >= 15 is 0 Å². The summed E-state index contributed by atoms with van der Waals surface area (Å²) in [7, 11) is 1.73. The van der Waals surface area contributed by atoms with Gasteiger partial charge in [0.2, 0.25) is 5.91 Å². The number of ether oxygens (including phenoxy) is 1. The summed E-state index contributed by atoms with van der Waals surface area (Å²) < 4.78 is 5.79. The maximum absolute atomic E-state index is 12.1. The molecule has 1 atom stereocenters. The molecule has 0 saturated carbocycles. The summed E-state index contributed by atoms with van der Waals surface area (Å²) in [6.07, 6.45) is 4.57. The van der Waals surface area contributed by atoms with E-state index in [2.05, 4.69) is 27.2 Å². The molecule has 0 radical (unpaired) electrons. The van der Waals surface area contributed by atoms with Gasteiger partial charge in [0.1, 0.15) is 10.8 Å². The van der Waals surface area contributed by atoms with Crippen molar-refractivity contribution in [2.75, 3.05) is 51.8 Å². The highest BCUT2D eigenvalue weighted by atomic mass is 32.1. The van der Waals surface area contributed by atoms with Gasteiger partial charge < -0.3 is 15.2 Å². The van der Waals surface area contributed by atoms with Gasteiger partial charge in [-0.15, -0.1) is 11.3 Å². The highest BCUT2D eigenvalue weighted by molar-refractivity contribution is 7.16. The molecule has 1 aliphatic heterocycles. The van der Waals surface area contributed by atoms with Crippen molar-refractivity contribution >= 4 is 22.2 Å². The third-order valence-electron chi connectivity index (χ3n) is 6.40. The lowest BCUT2D eigenvalue weighted by atomic mass is 9.88. The van der Waals surface area contributed by atoms with Crippen LogP contribution in [0.3, 0.4) is 0 Å². The number of β-amino-alcohol motifs (C(OH)–C–C–N with tert-alkyl or cyclic N) is 1. The molecule has 1 amide bonds. The topological polar surface area (TPSA) is 65.0 Å². The maximum atomic E-state index is 12.1. The van der Waals surface area contributed by atoms with Crippen molar-refractivity contribution in [3.05, 3.63) is 45.8 Å². The van der Waals surface area contributed by atoms with Crippen molar-refractivity contribution in [3.63, 3.8) is 0 Å². The predicted octanol–water partition coefficient (Wildman–Crippen LogP) is 3.29.